The van der Waals surface area contributed by atoms with Crippen LogP contribution in [-0.4, -0.2) is 18.0 Å². The lowest BCUT2D eigenvalue weighted by atomic mass is 9.80. The number of amides is 1. The molecule has 0 radical (unpaired) electrons. The van der Waals surface area contributed by atoms with Crippen molar-refractivity contribution in [3.8, 4) is 0 Å². The second-order valence-electron chi connectivity index (χ2n) is 5.91. The Morgan fingerprint density at radius 2 is 1.68 bits per heavy atom. The molecule has 0 aromatic carbocycles. The van der Waals surface area contributed by atoms with Crippen LogP contribution in [0.2, 0.25) is 0 Å². The highest BCUT2D eigenvalue weighted by molar-refractivity contribution is 5.85. The zero-order valence-electron chi connectivity index (χ0n) is 12.7. The normalized spacial score (nSPS) is 23.6. The first-order valence-corrected chi connectivity index (χ1v) is 7.61. The summed E-state index contributed by atoms with van der Waals surface area (Å²) in [5.41, 5.74) is 5.98. The number of hydrogen-bond acceptors (Lipinski definition) is 2. The van der Waals surface area contributed by atoms with Gasteiger partial charge in [0.25, 0.3) is 0 Å². The predicted molar refractivity (Wildman–Crippen MR) is 83.5 cm³/mol. The summed E-state index contributed by atoms with van der Waals surface area (Å²) in [6.45, 7) is 7.03. The van der Waals surface area contributed by atoms with E-state index >= 15 is 0 Å². The molecule has 1 aliphatic rings. The van der Waals surface area contributed by atoms with Gasteiger partial charge in [0.1, 0.15) is 0 Å². The van der Waals surface area contributed by atoms with Gasteiger partial charge >= 0.3 is 0 Å². The van der Waals surface area contributed by atoms with Crippen molar-refractivity contribution in [1.82, 2.24) is 5.32 Å². The van der Waals surface area contributed by atoms with E-state index in [0.717, 1.165) is 31.6 Å². The molecule has 0 atom stereocenters. The molecule has 4 heteroatoms. The van der Waals surface area contributed by atoms with Gasteiger partial charge in [0.15, 0.2) is 0 Å². The average Bonchev–Trinajstić information content (AvgIpc) is 2.44. The minimum atomic E-state index is -0.226. The van der Waals surface area contributed by atoms with Gasteiger partial charge in [-0.05, 0) is 44.4 Å². The number of carbonyl (C=O) groups is 1. The molecule has 1 rings (SSSR count). The van der Waals surface area contributed by atoms with Crippen LogP contribution in [0.3, 0.4) is 0 Å². The van der Waals surface area contributed by atoms with E-state index in [1.165, 1.54) is 19.3 Å². The van der Waals surface area contributed by atoms with Gasteiger partial charge in [-0.1, -0.05) is 27.2 Å². The third kappa shape index (κ3) is 5.70. The summed E-state index contributed by atoms with van der Waals surface area (Å²) in [4.78, 5) is 12.1. The van der Waals surface area contributed by atoms with Crippen LogP contribution in [0.5, 0.6) is 0 Å². The largest absolute Gasteiger partial charge is 0.354 e. The summed E-state index contributed by atoms with van der Waals surface area (Å²) in [6.07, 6.45) is 7.61. The summed E-state index contributed by atoms with van der Waals surface area (Å²) in [5, 5.41) is 3.06. The molecule has 0 unspecified atom stereocenters. The smallest absolute Gasteiger partial charge is 0.223 e. The molecule has 3 N–H and O–H groups in total. The first-order chi connectivity index (χ1) is 8.54. The summed E-state index contributed by atoms with van der Waals surface area (Å²) in [5.74, 6) is 1.29. The molecule has 114 valence electrons. The molecule has 1 saturated carbocycles. The highest BCUT2D eigenvalue weighted by Crippen LogP contribution is 2.30. The maximum Gasteiger partial charge on any atom is 0.223 e. The molecule has 0 heterocycles. The molecule has 3 nitrogen and oxygen atoms in total. The highest BCUT2D eigenvalue weighted by atomic mass is 35.5. The van der Waals surface area contributed by atoms with Crippen LogP contribution in [0.1, 0.15) is 65.7 Å². The van der Waals surface area contributed by atoms with Crippen LogP contribution >= 0.6 is 12.4 Å². The van der Waals surface area contributed by atoms with Crippen LogP contribution in [0.4, 0.5) is 0 Å². The Morgan fingerprint density at radius 1 is 1.16 bits per heavy atom. The Bertz CT molecular complexity index is 259. The molecular formula is C15H31ClN2O. The van der Waals surface area contributed by atoms with Crippen LogP contribution in [0.15, 0.2) is 0 Å². The molecular weight excluding hydrogens is 260 g/mol. The molecule has 0 aromatic heterocycles. The lowest BCUT2D eigenvalue weighted by molar-refractivity contribution is -0.126. The fourth-order valence-electron chi connectivity index (χ4n) is 2.74. The minimum Gasteiger partial charge on any atom is -0.354 e. The van der Waals surface area contributed by atoms with Gasteiger partial charge in [-0.15, -0.1) is 12.4 Å². The van der Waals surface area contributed by atoms with Crippen molar-refractivity contribution in [2.24, 2.45) is 17.6 Å². The summed E-state index contributed by atoms with van der Waals surface area (Å²) < 4.78 is 0. The van der Waals surface area contributed by atoms with Crippen LogP contribution in [-0.2, 0) is 4.79 Å². The van der Waals surface area contributed by atoms with Crippen molar-refractivity contribution in [1.29, 1.82) is 0 Å². The third-order valence-electron chi connectivity index (χ3n) is 4.82. The summed E-state index contributed by atoms with van der Waals surface area (Å²) in [7, 11) is 0. The second-order valence-corrected chi connectivity index (χ2v) is 5.91. The summed E-state index contributed by atoms with van der Waals surface area (Å²) in [6, 6.07) is 0. The van der Waals surface area contributed by atoms with Crippen molar-refractivity contribution in [3.63, 3.8) is 0 Å². The molecule has 0 bridgehead atoms. The van der Waals surface area contributed by atoms with Gasteiger partial charge in [0.05, 0.1) is 0 Å². The van der Waals surface area contributed by atoms with Gasteiger partial charge in [-0.25, -0.2) is 0 Å². The zero-order chi connectivity index (χ0) is 13.6. The lowest BCUT2D eigenvalue weighted by Gasteiger charge is -2.30. The first kappa shape index (κ1) is 18.7. The fraction of sp³-hybridized carbons (Fsp3) is 0.933. The second kappa shape index (κ2) is 8.80. The number of carbonyl (C=O) groups excluding carboxylic acids is 1. The number of halogens is 1. The third-order valence-corrected chi connectivity index (χ3v) is 4.82. The Balaban J connectivity index is 0.00000324. The highest BCUT2D eigenvalue weighted by Gasteiger charge is 2.27. The van der Waals surface area contributed by atoms with Gasteiger partial charge in [0, 0.05) is 18.0 Å². The predicted octanol–water partition coefficient (Wildman–Crippen LogP) is 3.26. The average molecular weight is 291 g/mol. The van der Waals surface area contributed by atoms with E-state index < -0.39 is 0 Å². The van der Waals surface area contributed by atoms with E-state index in [9.17, 15) is 4.79 Å². The summed E-state index contributed by atoms with van der Waals surface area (Å²) >= 11 is 0. The van der Waals surface area contributed by atoms with E-state index in [4.69, 9.17) is 5.73 Å². The molecule has 0 aromatic rings. The number of hydrogen-bond donors (Lipinski definition) is 2. The van der Waals surface area contributed by atoms with Crippen molar-refractivity contribution in [3.05, 3.63) is 0 Å². The Hall–Kier alpha value is -0.280. The standard InChI is InChI=1S/C15H30N2O.ClH/c1-4-12-7-9-13(10-8-12)14(18)17-11-15(16,5-2)6-3;/h12-13H,4-11,16H2,1-3H3,(H,17,18);1H. The quantitative estimate of drug-likeness (QED) is 0.789. The Labute approximate surface area is 124 Å². The molecule has 19 heavy (non-hydrogen) atoms. The SMILES string of the molecule is CCC1CCC(C(=O)NCC(N)(CC)CC)CC1.Cl. The number of nitrogens with one attached hydrogen (secondary N) is 1. The van der Waals surface area contributed by atoms with Crippen LogP contribution < -0.4 is 11.1 Å². The van der Waals surface area contributed by atoms with E-state index in [2.05, 4.69) is 26.1 Å². The maximum absolute atomic E-state index is 12.1. The molecule has 1 aliphatic carbocycles. The molecule has 1 fully saturated rings. The van der Waals surface area contributed by atoms with Gasteiger partial charge < -0.3 is 11.1 Å². The number of nitrogens with two attached hydrogens (primary N) is 1. The number of rotatable bonds is 6. The zero-order valence-corrected chi connectivity index (χ0v) is 13.5. The fourth-order valence-corrected chi connectivity index (χ4v) is 2.74. The first-order valence-electron chi connectivity index (χ1n) is 7.61. The topological polar surface area (TPSA) is 55.1 Å². The molecule has 0 spiro atoms. The monoisotopic (exact) mass is 290 g/mol. The van der Waals surface area contributed by atoms with Gasteiger partial charge in [-0.3, -0.25) is 4.79 Å². The molecule has 0 saturated heterocycles. The van der Waals surface area contributed by atoms with E-state index in [1.54, 1.807) is 0 Å². The molecule has 0 aliphatic heterocycles. The minimum absolute atomic E-state index is 0. The Morgan fingerprint density at radius 3 is 2.11 bits per heavy atom. The van der Waals surface area contributed by atoms with Crippen molar-refractivity contribution in [2.45, 2.75) is 71.3 Å². The lowest BCUT2D eigenvalue weighted by Crippen LogP contribution is -2.50. The Kier molecular flexibility index (Phi) is 8.67. The van der Waals surface area contributed by atoms with E-state index in [-0.39, 0.29) is 29.8 Å². The van der Waals surface area contributed by atoms with E-state index in [1.807, 2.05) is 0 Å². The van der Waals surface area contributed by atoms with Crippen molar-refractivity contribution < 1.29 is 4.79 Å². The van der Waals surface area contributed by atoms with E-state index in [0.29, 0.717) is 6.54 Å². The van der Waals surface area contributed by atoms with Crippen molar-refractivity contribution in [2.75, 3.05) is 6.54 Å². The van der Waals surface area contributed by atoms with Crippen LogP contribution in [0.25, 0.3) is 0 Å². The maximum atomic E-state index is 12.1. The molecule has 1 amide bonds. The van der Waals surface area contributed by atoms with Gasteiger partial charge in [0.2, 0.25) is 5.91 Å². The van der Waals surface area contributed by atoms with Crippen LogP contribution in [0, 0.1) is 11.8 Å². The van der Waals surface area contributed by atoms with Gasteiger partial charge in [-0.2, -0.15) is 0 Å². The van der Waals surface area contributed by atoms with Crippen molar-refractivity contribution >= 4 is 18.3 Å².